The highest BCUT2D eigenvalue weighted by atomic mass is 79.9. The van der Waals surface area contributed by atoms with Crippen LogP contribution < -0.4 is 10.1 Å². The van der Waals surface area contributed by atoms with E-state index in [0.717, 1.165) is 24.7 Å². The van der Waals surface area contributed by atoms with Crippen LogP contribution in [-0.4, -0.2) is 6.61 Å². The quantitative estimate of drug-likeness (QED) is 0.623. The summed E-state index contributed by atoms with van der Waals surface area (Å²) in [4.78, 5) is 0. The van der Waals surface area contributed by atoms with Gasteiger partial charge in [0.15, 0.2) is 6.61 Å². The first-order chi connectivity index (χ1) is 10.1. The van der Waals surface area contributed by atoms with Crippen molar-refractivity contribution in [3.63, 3.8) is 0 Å². The van der Waals surface area contributed by atoms with E-state index >= 15 is 0 Å². The number of hydrogen-bond acceptors (Lipinski definition) is 3. The third-order valence-corrected chi connectivity index (χ3v) is 4.41. The van der Waals surface area contributed by atoms with Crippen LogP contribution in [0.2, 0.25) is 0 Å². The fourth-order valence-corrected chi connectivity index (χ4v) is 4.26. The minimum atomic E-state index is 0.0659. The molecular formula is C15H11Br3N2O. The van der Waals surface area contributed by atoms with Gasteiger partial charge in [-0.25, -0.2) is 0 Å². The number of nitrogens with one attached hydrogen (secondary N) is 1. The van der Waals surface area contributed by atoms with Gasteiger partial charge in [0.1, 0.15) is 11.8 Å². The number of hydrogen-bond donors (Lipinski definition) is 1. The summed E-state index contributed by atoms with van der Waals surface area (Å²) in [6.45, 7) is 0.758. The average molecular weight is 475 g/mol. The number of nitriles is 1. The highest BCUT2D eigenvalue weighted by Gasteiger charge is 2.06. The first-order valence-electron chi connectivity index (χ1n) is 6.07. The van der Waals surface area contributed by atoms with E-state index in [-0.39, 0.29) is 6.61 Å². The lowest BCUT2D eigenvalue weighted by molar-refractivity contribution is 0.368. The van der Waals surface area contributed by atoms with Crippen molar-refractivity contribution in [2.75, 3.05) is 11.9 Å². The van der Waals surface area contributed by atoms with Gasteiger partial charge in [-0.15, -0.1) is 0 Å². The zero-order chi connectivity index (χ0) is 15.2. The normalized spacial score (nSPS) is 10.0. The second-order valence-corrected chi connectivity index (χ2v) is 6.81. The molecule has 0 spiro atoms. The Morgan fingerprint density at radius 3 is 2.24 bits per heavy atom. The largest absolute Gasteiger partial charge is 0.479 e. The number of benzene rings is 2. The standard InChI is InChI=1S/C15H11Br3N2O/c16-11-7-13(17)15(14(18)8-11)20-9-10-1-3-12(4-2-10)21-6-5-19/h1-4,7-8,20H,6,9H2. The Morgan fingerprint density at radius 2 is 1.67 bits per heavy atom. The summed E-state index contributed by atoms with van der Waals surface area (Å²) in [6.07, 6.45) is 0. The number of ether oxygens (including phenoxy) is 1. The fourth-order valence-electron chi connectivity index (χ4n) is 1.72. The van der Waals surface area contributed by atoms with E-state index in [9.17, 15) is 0 Å². The monoisotopic (exact) mass is 472 g/mol. The molecule has 0 saturated heterocycles. The summed E-state index contributed by atoms with van der Waals surface area (Å²) in [7, 11) is 0. The van der Waals surface area contributed by atoms with Gasteiger partial charge in [0, 0.05) is 20.0 Å². The molecule has 6 heteroatoms. The van der Waals surface area contributed by atoms with Gasteiger partial charge in [-0.2, -0.15) is 5.26 Å². The third-order valence-electron chi connectivity index (χ3n) is 2.70. The third kappa shape index (κ3) is 4.73. The Hall–Kier alpha value is -1.03. The van der Waals surface area contributed by atoms with E-state index in [1.807, 2.05) is 42.5 Å². The van der Waals surface area contributed by atoms with Gasteiger partial charge in [-0.05, 0) is 61.7 Å². The molecule has 0 aliphatic heterocycles. The number of halogens is 3. The van der Waals surface area contributed by atoms with E-state index in [2.05, 4.69) is 53.1 Å². The van der Waals surface area contributed by atoms with Crippen molar-refractivity contribution < 1.29 is 4.74 Å². The van der Waals surface area contributed by atoms with Gasteiger partial charge < -0.3 is 10.1 Å². The highest BCUT2D eigenvalue weighted by Crippen LogP contribution is 2.34. The summed E-state index contributed by atoms with van der Waals surface area (Å²) >= 11 is 10.5. The highest BCUT2D eigenvalue weighted by molar-refractivity contribution is 9.11. The first kappa shape index (κ1) is 16.3. The van der Waals surface area contributed by atoms with Crippen LogP contribution in [0.15, 0.2) is 49.8 Å². The smallest absolute Gasteiger partial charge is 0.174 e. The Balaban J connectivity index is 2.02. The maximum Gasteiger partial charge on any atom is 0.174 e. The Labute approximate surface area is 148 Å². The van der Waals surface area contributed by atoms with Crippen LogP contribution >= 0.6 is 47.8 Å². The maximum atomic E-state index is 8.47. The van der Waals surface area contributed by atoms with Crippen molar-refractivity contribution in [2.24, 2.45) is 0 Å². The van der Waals surface area contributed by atoms with Crippen LogP contribution in [0.25, 0.3) is 0 Å². The van der Waals surface area contributed by atoms with Crippen molar-refractivity contribution in [3.05, 3.63) is 55.4 Å². The minimum absolute atomic E-state index is 0.0659. The zero-order valence-electron chi connectivity index (χ0n) is 10.9. The van der Waals surface area contributed by atoms with Gasteiger partial charge in [0.2, 0.25) is 0 Å². The van der Waals surface area contributed by atoms with E-state index in [1.165, 1.54) is 0 Å². The molecule has 0 unspecified atom stereocenters. The molecule has 0 radical (unpaired) electrons. The van der Waals surface area contributed by atoms with E-state index < -0.39 is 0 Å². The Morgan fingerprint density at radius 1 is 1.05 bits per heavy atom. The van der Waals surface area contributed by atoms with Crippen molar-refractivity contribution in [3.8, 4) is 11.8 Å². The summed E-state index contributed by atoms with van der Waals surface area (Å²) in [5.41, 5.74) is 2.13. The molecule has 2 aromatic rings. The molecule has 108 valence electrons. The van der Waals surface area contributed by atoms with Gasteiger partial charge in [-0.3, -0.25) is 0 Å². The lowest BCUT2D eigenvalue weighted by Crippen LogP contribution is -2.01. The minimum Gasteiger partial charge on any atom is -0.479 e. The second-order valence-electron chi connectivity index (χ2n) is 4.19. The number of nitrogens with zero attached hydrogens (tertiary/aromatic N) is 1. The SMILES string of the molecule is N#CCOc1ccc(CNc2c(Br)cc(Br)cc2Br)cc1. The van der Waals surface area contributed by atoms with Gasteiger partial charge in [0.05, 0.1) is 5.69 Å². The maximum absolute atomic E-state index is 8.47. The van der Waals surface area contributed by atoms with Crippen LogP contribution in [0, 0.1) is 11.3 Å². The molecule has 0 aliphatic rings. The molecule has 0 heterocycles. The lowest BCUT2D eigenvalue weighted by atomic mass is 10.2. The second kappa shape index (κ2) is 7.83. The molecule has 21 heavy (non-hydrogen) atoms. The van der Waals surface area contributed by atoms with Crippen molar-refractivity contribution in [2.45, 2.75) is 6.54 Å². The van der Waals surface area contributed by atoms with Crippen LogP contribution in [0.3, 0.4) is 0 Å². The molecule has 3 nitrogen and oxygen atoms in total. The van der Waals surface area contributed by atoms with E-state index in [1.54, 1.807) is 0 Å². The molecule has 2 aromatic carbocycles. The Bertz CT molecular complexity index is 643. The van der Waals surface area contributed by atoms with Crippen molar-refractivity contribution in [1.82, 2.24) is 0 Å². The summed E-state index contributed by atoms with van der Waals surface area (Å²) < 4.78 is 8.20. The molecule has 0 bridgehead atoms. The van der Waals surface area contributed by atoms with Crippen LogP contribution in [0.5, 0.6) is 5.75 Å². The number of rotatable bonds is 5. The molecule has 0 fully saturated rings. The van der Waals surface area contributed by atoms with Gasteiger partial charge >= 0.3 is 0 Å². The molecule has 0 aromatic heterocycles. The predicted octanol–water partition coefficient (Wildman–Crippen LogP) is 5.49. The lowest BCUT2D eigenvalue weighted by Gasteiger charge is -2.12. The van der Waals surface area contributed by atoms with E-state index in [0.29, 0.717) is 12.3 Å². The fraction of sp³-hybridized carbons (Fsp3) is 0.133. The topological polar surface area (TPSA) is 45.0 Å². The molecule has 0 aliphatic carbocycles. The van der Waals surface area contributed by atoms with Crippen LogP contribution in [0.4, 0.5) is 5.69 Å². The molecule has 0 atom stereocenters. The first-order valence-corrected chi connectivity index (χ1v) is 8.45. The van der Waals surface area contributed by atoms with Crippen molar-refractivity contribution in [1.29, 1.82) is 5.26 Å². The van der Waals surface area contributed by atoms with Crippen LogP contribution in [-0.2, 0) is 6.54 Å². The summed E-state index contributed by atoms with van der Waals surface area (Å²) in [5.74, 6) is 0.700. The van der Waals surface area contributed by atoms with Crippen LogP contribution in [0.1, 0.15) is 5.56 Å². The molecule has 1 N–H and O–H groups in total. The summed E-state index contributed by atoms with van der Waals surface area (Å²) in [5, 5.41) is 11.8. The van der Waals surface area contributed by atoms with Gasteiger partial charge in [-0.1, -0.05) is 28.1 Å². The van der Waals surface area contributed by atoms with E-state index in [4.69, 9.17) is 10.00 Å². The molecule has 0 amide bonds. The van der Waals surface area contributed by atoms with Crippen molar-refractivity contribution >= 4 is 53.5 Å². The predicted molar refractivity (Wildman–Crippen MR) is 94.4 cm³/mol. The Kier molecular flexibility index (Phi) is 6.09. The molecular weight excluding hydrogens is 464 g/mol. The molecule has 2 rings (SSSR count). The number of anilines is 1. The molecule has 0 saturated carbocycles. The average Bonchev–Trinajstić information content (AvgIpc) is 2.45. The zero-order valence-corrected chi connectivity index (χ0v) is 15.6. The van der Waals surface area contributed by atoms with Gasteiger partial charge in [0.25, 0.3) is 0 Å². The summed E-state index contributed by atoms with van der Waals surface area (Å²) in [6, 6.07) is 13.6.